The quantitative estimate of drug-likeness (QED) is 0.794. The van der Waals surface area contributed by atoms with Gasteiger partial charge in [-0.05, 0) is 24.5 Å². The molecule has 2 heterocycles. The van der Waals surface area contributed by atoms with E-state index >= 15 is 0 Å². The van der Waals surface area contributed by atoms with Crippen molar-refractivity contribution in [3.63, 3.8) is 0 Å². The minimum absolute atomic E-state index is 0.00338. The molecular weight excluding hydrogens is 334 g/mol. The van der Waals surface area contributed by atoms with E-state index in [-0.39, 0.29) is 17.7 Å². The Labute approximate surface area is 150 Å². The van der Waals surface area contributed by atoms with Crippen LogP contribution in [0.1, 0.15) is 18.4 Å². The number of hydrogen-bond acceptors (Lipinski definition) is 3. The maximum atomic E-state index is 12.3. The van der Waals surface area contributed by atoms with E-state index in [0.29, 0.717) is 30.7 Å². The van der Waals surface area contributed by atoms with E-state index in [1.165, 1.54) is 11.3 Å². The Bertz CT molecular complexity index is 828. The average molecular weight is 355 g/mol. The third kappa shape index (κ3) is 4.54. The van der Waals surface area contributed by atoms with Crippen molar-refractivity contribution < 1.29 is 9.59 Å². The number of aromatic nitrogens is 1. The fourth-order valence-corrected chi connectivity index (χ4v) is 3.54. The van der Waals surface area contributed by atoms with Crippen LogP contribution in [-0.2, 0) is 16.6 Å². The zero-order valence-corrected chi connectivity index (χ0v) is 15.0. The van der Waals surface area contributed by atoms with E-state index in [1.54, 1.807) is 11.0 Å². The summed E-state index contributed by atoms with van der Waals surface area (Å²) < 4.78 is 1.84. The minimum atomic E-state index is -0.0933. The highest BCUT2D eigenvalue weighted by Crippen LogP contribution is 2.19. The van der Waals surface area contributed by atoms with E-state index in [1.807, 2.05) is 59.6 Å². The van der Waals surface area contributed by atoms with Crippen LogP contribution in [0.5, 0.6) is 0 Å². The molecule has 0 N–H and O–H groups in total. The summed E-state index contributed by atoms with van der Waals surface area (Å²) in [6.07, 6.45) is 6.65. The number of likely N-dealkylation sites (tertiary alicyclic amines) is 1. The Morgan fingerprint density at radius 1 is 1.20 bits per heavy atom. The highest BCUT2D eigenvalue weighted by Gasteiger charge is 2.26. The second-order valence-electron chi connectivity index (χ2n) is 6.09. The third-order valence-electron chi connectivity index (χ3n) is 4.34. The maximum Gasteiger partial charge on any atom is 0.251 e. The van der Waals surface area contributed by atoms with Crippen molar-refractivity contribution >= 4 is 29.2 Å². The molecule has 0 saturated carbocycles. The van der Waals surface area contributed by atoms with Crippen molar-refractivity contribution in [2.24, 2.45) is 18.0 Å². The molecular formula is C19H21N3O2S. The van der Waals surface area contributed by atoms with E-state index < -0.39 is 0 Å². The Balaban J connectivity index is 1.55. The molecule has 0 spiro atoms. The number of nitrogens with zero attached hydrogens (tertiary/aromatic N) is 3. The molecule has 0 bridgehead atoms. The normalized spacial score (nSPS) is 16.5. The number of carbonyl (C=O) groups is 2. The topological polar surface area (TPSA) is 54.7 Å². The van der Waals surface area contributed by atoms with Crippen LogP contribution in [0.4, 0.5) is 0 Å². The Hall–Kier alpha value is -2.47. The van der Waals surface area contributed by atoms with Crippen LogP contribution in [0.15, 0.2) is 53.0 Å². The maximum absolute atomic E-state index is 12.3. The molecule has 1 aliphatic heterocycles. The lowest BCUT2D eigenvalue weighted by Crippen LogP contribution is -2.39. The molecule has 6 heteroatoms. The number of thiazole rings is 1. The summed E-state index contributed by atoms with van der Waals surface area (Å²) in [6, 6.07) is 9.75. The molecule has 0 aliphatic carbocycles. The predicted molar refractivity (Wildman–Crippen MR) is 98.6 cm³/mol. The van der Waals surface area contributed by atoms with E-state index in [2.05, 4.69) is 4.99 Å². The molecule has 1 fully saturated rings. The molecule has 1 saturated heterocycles. The fourth-order valence-electron chi connectivity index (χ4n) is 2.80. The van der Waals surface area contributed by atoms with Crippen LogP contribution in [0.25, 0.3) is 6.08 Å². The first-order chi connectivity index (χ1) is 12.1. The molecule has 130 valence electrons. The standard InChI is InChI=1S/C19H21N3O2S/c1-21-13-14-25-19(21)20-18(24)16-9-11-22(12-10-16)17(23)8-7-15-5-3-2-4-6-15/h2-8,13-14,16H,9-12H2,1H3. The summed E-state index contributed by atoms with van der Waals surface area (Å²) in [6.45, 7) is 1.20. The van der Waals surface area contributed by atoms with Crippen LogP contribution in [0.3, 0.4) is 0 Å². The van der Waals surface area contributed by atoms with Gasteiger partial charge in [0.1, 0.15) is 0 Å². The SMILES string of the molecule is Cn1ccsc1=NC(=O)C1CCN(C(=O)C=Cc2ccccc2)CC1. The lowest BCUT2D eigenvalue weighted by Gasteiger charge is -2.29. The number of benzene rings is 1. The minimum Gasteiger partial charge on any atom is -0.339 e. The van der Waals surface area contributed by atoms with Gasteiger partial charge >= 0.3 is 0 Å². The second-order valence-corrected chi connectivity index (χ2v) is 6.96. The van der Waals surface area contributed by atoms with Crippen molar-refractivity contribution in [1.29, 1.82) is 0 Å². The van der Waals surface area contributed by atoms with Crippen LogP contribution in [0, 0.1) is 5.92 Å². The zero-order valence-electron chi connectivity index (χ0n) is 14.2. The summed E-state index contributed by atoms with van der Waals surface area (Å²) in [5.74, 6) is -0.175. The van der Waals surface area contributed by atoms with Crippen molar-refractivity contribution in [2.45, 2.75) is 12.8 Å². The highest BCUT2D eigenvalue weighted by molar-refractivity contribution is 7.07. The molecule has 1 aromatic heterocycles. The number of piperidine rings is 1. The van der Waals surface area contributed by atoms with Crippen LogP contribution in [0.2, 0.25) is 0 Å². The van der Waals surface area contributed by atoms with Gasteiger partial charge in [-0.1, -0.05) is 30.3 Å². The number of rotatable bonds is 3. The summed E-state index contributed by atoms with van der Waals surface area (Å²) in [4.78, 5) is 31.3. The Kier molecular flexibility index (Phi) is 5.60. The van der Waals surface area contributed by atoms with Crippen molar-refractivity contribution in [3.8, 4) is 0 Å². The Morgan fingerprint density at radius 2 is 1.92 bits per heavy atom. The number of aryl methyl sites for hydroxylation is 1. The van der Waals surface area contributed by atoms with Gasteiger partial charge in [-0.2, -0.15) is 4.99 Å². The van der Waals surface area contributed by atoms with Crippen LogP contribution in [-0.4, -0.2) is 34.4 Å². The van der Waals surface area contributed by atoms with Gasteiger partial charge < -0.3 is 9.47 Å². The van der Waals surface area contributed by atoms with Crippen LogP contribution < -0.4 is 4.80 Å². The molecule has 0 atom stereocenters. The number of carbonyl (C=O) groups excluding carboxylic acids is 2. The van der Waals surface area contributed by atoms with E-state index in [9.17, 15) is 9.59 Å². The van der Waals surface area contributed by atoms with Gasteiger partial charge in [-0.25, -0.2) is 0 Å². The summed E-state index contributed by atoms with van der Waals surface area (Å²) in [5, 5.41) is 1.91. The highest BCUT2D eigenvalue weighted by atomic mass is 32.1. The molecule has 1 aliphatic rings. The molecule has 2 amide bonds. The van der Waals surface area contributed by atoms with E-state index in [0.717, 1.165) is 5.56 Å². The monoisotopic (exact) mass is 355 g/mol. The van der Waals surface area contributed by atoms with Gasteiger partial charge in [-0.15, -0.1) is 11.3 Å². The summed E-state index contributed by atoms with van der Waals surface area (Å²) in [7, 11) is 1.88. The molecule has 2 aromatic rings. The largest absolute Gasteiger partial charge is 0.339 e. The van der Waals surface area contributed by atoms with Gasteiger partial charge in [0.25, 0.3) is 5.91 Å². The molecule has 1 aromatic carbocycles. The molecule has 0 unspecified atom stereocenters. The Morgan fingerprint density at radius 3 is 2.56 bits per heavy atom. The average Bonchev–Trinajstić information content (AvgIpc) is 3.05. The lowest BCUT2D eigenvalue weighted by atomic mass is 9.96. The van der Waals surface area contributed by atoms with Gasteiger partial charge in [0.2, 0.25) is 5.91 Å². The van der Waals surface area contributed by atoms with Gasteiger partial charge in [0.05, 0.1) is 0 Å². The third-order valence-corrected chi connectivity index (χ3v) is 5.19. The molecule has 25 heavy (non-hydrogen) atoms. The molecule has 0 radical (unpaired) electrons. The zero-order chi connectivity index (χ0) is 17.6. The number of amides is 2. The summed E-state index contributed by atoms with van der Waals surface area (Å²) >= 11 is 1.45. The van der Waals surface area contributed by atoms with Crippen molar-refractivity contribution in [1.82, 2.24) is 9.47 Å². The first-order valence-electron chi connectivity index (χ1n) is 8.34. The second kappa shape index (κ2) is 8.07. The lowest BCUT2D eigenvalue weighted by molar-refractivity contribution is -0.130. The van der Waals surface area contributed by atoms with Gasteiger partial charge in [0.15, 0.2) is 4.80 Å². The van der Waals surface area contributed by atoms with Gasteiger partial charge in [0, 0.05) is 43.7 Å². The molecule has 3 rings (SSSR count). The van der Waals surface area contributed by atoms with Crippen molar-refractivity contribution in [2.75, 3.05) is 13.1 Å². The molecule has 5 nitrogen and oxygen atoms in total. The van der Waals surface area contributed by atoms with Gasteiger partial charge in [-0.3, -0.25) is 9.59 Å². The summed E-state index contributed by atoms with van der Waals surface area (Å²) in [5.41, 5.74) is 1.00. The first-order valence-corrected chi connectivity index (χ1v) is 9.22. The predicted octanol–water partition coefficient (Wildman–Crippen LogP) is 2.47. The van der Waals surface area contributed by atoms with Crippen molar-refractivity contribution in [3.05, 3.63) is 58.3 Å². The fraction of sp³-hybridized carbons (Fsp3) is 0.316. The number of hydrogen-bond donors (Lipinski definition) is 0. The first kappa shape index (κ1) is 17.4. The van der Waals surface area contributed by atoms with Crippen LogP contribution >= 0.6 is 11.3 Å². The smallest absolute Gasteiger partial charge is 0.251 e. The van der Waals surface area contributed by atoms with E-state index in [4.69, 9.17) is 0 Å².